The Morgan fingerprint density at radius 1 is 0.638 bits per heavy atom. The van der Waals surface area contributed by atoms with Crippen LogP contribution in [0.15, 0.2) is 91.0 Å². The second kappa shape index (κ2) is 13.8. The molecule has 0 saturated heterocycles. The summed E-state index contributed by atoms with van der Waals surface area (Å²) in [5.74, 6) is 6.27. The molecular formula is C45H62OP+. The standard InChI is InChI=1S/C45H62OP/c1-33(2)16-15-17-34(3)41-26-27-42-40-25-24-35-32-36(28-30-44(35,4)43(40)29-31-45(41,42)5)46-47(37-18-9-6-10-19-37,38-20-11-7-12-21-38)39-22-13-8-14-23-39/h6-14,18-23,33-36,40-43H,15-17,24-32H2,1-5H3/q+1/t34-,35?,36+,40+,41-,42+,43+,44+,45-/m1/s1. The summed E-state index contributed by atoms with van der Waals surface area (Å²) in [6.45, 7) is 12.9. The van der Waals surface area contributed by atoms with Crippen LogP contribution in [0.25, 0.3) is 0 Å². The van der Waals surface area contributed by atoms with Gasteiger partial charge in [0.2, 0.25) is 7.49 Å². The maximum Gasteiger partial charge on any atom is 0.242 e. The topological polar surface area (TPSA) is 9.23 Å². The highest BCUT2D eigenvalue weighted by Gasteiger charge is 2.61. The van der Waals surface area contributed by atoms with Crippen molar-refractivity contribution in [3.05, 3.63) is 91.0 Å². The van der Waals surface area contributed by atoms with E-state index < -0.39 is 7.49 Å². The summed E-state index contributed by atoms with van der Waals surface area (Å²) in [6.07, 6.45) is 17.1. The number of rotatable bonds is 10. The minimum Gasteiger partial charge on any atom is -0.218 e. The average Bonchev–Trinajstić information content (AvgIpc) is 3.45. The summed E-state index contributed by atoms with van der Waals surface area (Å²) in [7, 11) is -2.27. The van der Waals surface area contributed by atoms with Crippen LogP contribution in [-0.2, 0) is 4.52 Å². The van der Waals surface area contributed by atoms with Gasteiger partial charge in [-0.3, -0.25) is 0 Å². The van der Waals surface area contributed by atoms with Gasteiger partial charge in [0.05, 0.1) is 0 Å². The van der Waals surface area contributed by atoms with Crippen LogP contribution in [0.2, 0.25) is 0 Å². The van der Waals surface area contributed by atoms with Crippen molar-refractivity contribution in [2.75, 3.05) is 0 Å². The summed E-state index contributed by atoms with van der Waals surface area (Å²) in [5, 5.41) is 4.03. The molecule has 0 spiro atoms. The van der Waals surface area contributed by atoms with E-state index in [-0.39, 0.29) is 0 Å². The first-order valence-corrected chi connectivity index (χ1v) is 21.2. The van der Waals surface area contributed by atoms with Crippen LogP contribution in [0.4, 0.5) is 0 Å². The van der Waals surface area contributed by atoms with E-state index in [0.29, 0.717) is 16.9 Å². The van der Waals surface area contributed by atoms with E-state index in [9.17, 15) is 0 Å². The Kier molecular flexibility index (Phi) is 9.81. The van der Waals surface area contributed by atoms with E-state index in [0.717, 1.165) is 41.4 Å². The maximum absolute atomic E-state index is 7.75. The third-order valence-electron chi connectivity index (χ3n) is 14.5. The van der Waals surface area contributed by atoms with E-state index in [4.69, 9.17) is 4.52 Å². The summed E-state index contributed by atoms with van der Waals surface area (Å²) < 4.78 is 7.75. The molecule has 0 heterocycles. The largest absolute Gasteiger partial charge is 0.242 e. The van der Waals surface area contributed by atoms with Gasteiger partial charge >= 0.3 is 0 Å². The highest BCUT2D eigenvalue weighted by molar-refractivity contribution is 7.91. The van der Waals surface area contributed by atoms with Crippen LogP contribution in [0.5, 0.6) is 0 Å². The van der Waals surface area contributed by atoms with Gasteiger partial charge in [0.25, 0.3) is 0 Å². The number of benzene rings is 3. The molecule has 1 nitrogen and oxygen atoms in total. The number of fused-ring (bicyclic) bond motifs is 5. The number of hydrogen-bond donors (Lipinski definition) is 0. The zero-order chi connectivity index (χ0) is 32.6. The Hall–Kier alpha value is -1.95. The van der Waals surface area contributed by atoms with Gasteiger partial charge in [-0.1, -0.05) is 108 Å². The van der Waals surface area contributed by atoms with Crippen LogP contribution in [0, 0.1) is 52.3 Å². The van der Waals surface area contributed by atoms with Crippen LogP contribution < -0.4 is 15.9 Å². The van der Waals surface area contributed by atoms with Crippen LogP contribution in [0.1, 0.15) is 112 Å². The monoisotopic (exact) mass is 649 g/mol. The van der Waals surface area contributed by atoms with Gasteiger partial charge < -0.3 is 0 Å². The maximum atomic E-state index is 7.75. The van der Waals surface area contributed by atoms with Gasteiger partial charge in [0, 0.05) is 0 Å². The van der Waals surface area contributed by atoms with Gasteiger partial charge in [-0.25, -0.2) is 4.52 Å². The van der Waals surface area contributed by atoms with Crippen molar-refractivity contribution < 1.29 is 4.52 Å². The molecule has 0 aliphatic heterocycles. The highest BCUT2D eigenvalue weighted by atomic mass is 31.2. The van der Waals surface area contributed by atoms with Crippen molar-refractivity contribution in [3.8, 4) is 0 Å². The molecule has 0 aromatic heterocycles. The lowest BCUT2D eigenvalue weighted by molar-refractivity contribution is -0.126. The Morgan fingerprint density at radius 2 is 1.19 bits per heavy atom. The van der Waals surface area contributed by atoms with E-state index in [2.05, 4.69) is 126 Å². The zero-order valence-corrected chi connectivity index (χ0v) is 31.0. The molecule has 2 heteroatoms. The number of hydrogen-bond acceptors (Lipinski definition) is 1. The van der Waals surface area contributed by atoms with Crippen molar-refractivity contribution in [3.63, 3.8) is 0 Å². The quantitative estimate of drug-likeness (QED) is 0.199. The van der Waals surface area contributed by atoms with Crippen LogP contribution in [0.3, 0.4) is 0 Å². The molecule has 4 aliphatic rings. The van der Waals surface area contributed by atoms with Gasteiger partial charge in [-0.15, -0.1) is 0 Å². The van der Waals surface area contributed by atoms with Crippen molar-refractivity contribution >= 4 is 23.4 Å². The molecule has 1 unspecified atom stereocenters. The fraction of sp³-hybridized carbons (Fsp3) is 0.600. The summed E-state index contributed by atoms with van der Waals surface area (Å²) >= 11 is 0. The molecule has 4 aliphatic carbocycles. The SMILES string of the molecule is CC(C)CCC[C@@H](C)[C@H]1CC[C@H]2[C@@H]3CCC4C[C@@H](O[P+](c5ccccc5)(c5ccccc5)c5ccccc5)CC[C@]4(C)[C@H]3CC[C@]12C. The zero-order valence-electron chi connectivity index (χ0n) is 30.1. The van der Waals surface area contributed by atoms with Crippen molar-refractivity contribution in [1.82, 2.24) is 0 Å². The molecule has 3 aromatic rings. The molecule has 47 heavy (non-hydrogen) atoms. The third-order valence-corrected chi connectivity index (χ3v) is 18.2. The normalized spacial score (nSPS) is 34.3. The Morgan fingerprint density at radius 3 is 1.77 bits per heavy atom. The van der Waals surface area contributed by atoms with Gasteiger partial charge in [-0.05, 0) is 146 Å². The average molecular weight is 650 g/mol. The molecule has 7 rings (SSSR count). The van der Waals surface area contributed by atoms with E-state index >= 15 is 0 Å². The molecule has 9 atom stereocenters. The van der Waals surface area contributed by atoms with Gasteiger partial charge in [0.15, 0.2) is 0 Å². The fourth-order valence-corrected chi connectivity index (χ4v) is 15.8. The Balaban J connectivity index is 1.11. The second-order valence-electron chi connectivity index (χ2n) is 17.3. The van der Waals surface area contributed by atoms with Crippen molar-refractivity contribution in [2.24, 2.45) is 52.3 Å². The Bertz CT molecular complexity index is 1340. The van der Waals surface area contributed by atoms with Crippen LogP contribution in [-0.4, -0.2) is 6.10 Å². The lowest BCUT2D eigenvalue weighted by atomic mass is 9.44. The van der Waals surface area contributed by atoms with Crippen molar-refractivity contribution in [1.29, 1.82) is 0 Å². The lowest BCUT2D eigenvalue weighted by Crippen LogP contribution is -2.54. The fourth-order valence-electron chi connectivity index (χ4n) is 12.1. The van der Waals surface area contributed by atoms with E-state index in [1.807, 2.05) is 0 Å². The first kappa shape index (κ1) is 33.5. The summed E-state index contributed by atoms with van der Waals surface area (Å²) in [4.78, 5) is 0. The molecule has 0 amide bonds. The van der Waals surface area contributed by atoms with E-state index in [1.54, 1.807) is 0 Å². The molecule has 252 valence electrons. The van der Waals surface area contributed by atoms with Crippen molar-refractivity contribution in [2.45, 2.75) is 118 Å². The van der Waals surface area contributed by atoms with Crippen LogP contribution >= 0.6 is 7.49 Å². The molecule has 0 bridgehead atoms. The summed E-state index contributed by atoms with van der Waals surface area (Å²) in [6, 6.07) is 33.6. The Labute approximate surface area is 288 Å². The lowest BCUT2D eigenvalue weighted by Gasteiger charge is -2.61. The first-order chi connectivity index (χ1) is 22.8. The predicted octanol–water partition coefficient (Wildman–Crippen LogP) is 11.4. The highest BCUT2D eigenvalue weighted by Crippen LogP contribution is 2.69. The molecule has 0 radical (unpaired) electrons. The predicted molar refractivity (Wildman–Crippen MR) is 203 cm³/mol. The molecular weight excluding hydrogens is 587 g/mol. The first-order valence-electron chi connectivity index (χ1n) is 19.5. The smallest absolute Gasteiger partial charge is 0.218 e. The second-order valence-corrected chi connectivity index (χ2v) is 20.3. The molecule has 4 fully saturated rings. The minimum absolute atomic E-state index is 0.301. The third kappa shape index (κ3) is 6.09. The molecule has 3 aromatic carbocycles. The minimum atomic E-state index is -2.27. The van der Waals surface area contributed by atoms with Gasteiger partial charge in [-0.2, -0.15) is 0 Å². The molecule has 0 N–H and O–H groups in total. The molecule has 4 saturated carbocycles. The summed E-state index contributed by atoms with van der Waals surface area (Å²) in [5.41, 5.74) is 1.05. The van der Waals surface area contributed by atoms with E-state index in [1.165, 1.54) is 93.0 Å². The van der Waals surface area contributed by atoms with Gasteiger partial charge in [0.1, 0.15) is 22.0 Å².